The molecule has 0 saturated carbocycles. The van der Waals surface area contributed by atoms with Gasteiger partial charge in [0.05, 0.1) is 20.3 Å². The van der Waals surface area contributed by atoms with E-state index in [2.05, 4.69) is 0 Å². The van der Waals surface area contributed by atoms with Crippen molar-refractivity contribution < 1.29 is 34.0 Å². The molecule has 2 unspecified atom stereocenters. The Labute approximate surface area is 190 Å². The number of aliphatic hydroxyl groups excluding tert-OH is 2. The number of alkyl halides is 2. The maximum Gasteiger partial charge on any atom is 0.232 e. The molecule has 2 atom stereocenters. The van der Waals surface area contributed by atoms with Crippen molar-refractivity contribution in [3.05, 3.63) is 39.8 Å². The summed E-state index contributed by atoms with van der Waals surface area (Å²) in [6.45, 7) is 2.03. The van der Waals surface area contributed by atoms with Crippen molar-refractivity contribution in [3.8, 4) is 5.75 Å². The second-order valence-corrected chi connectivity index (χ2v) is 7.95. The van der Waals surface area contributed by atoms with Crippen LogP contribution in [-0.4, -0.2) is 85.0 Å². The van der Waals surface area contributed by atoms with Gasteiger partial charge in [-0.05, 0) is 11.6 Å². The Hall–Kier alpha value is -1.84. The van der Waals surface area contributed by atoms with E-state index in [1.54, 1.807) is 0 Å². The van der Waals surface area contributed by atoms with Crippen LogP contribution in [0.4, 0.5) is 0 Å². The molecule has 0 amide bonds. The van der Waals surface area contributed by atoms with Gasteiger partial charge in [0.25, 0.3) is 0 Å². The Bertz CT molecular complexity index is 896. The van der Waals surface area contributed by atoms with Gasteiger partial charge in [-0.3, -0.25) is 14.5 Å². The van der Waals surface area contributed by atoms with Gasteiger partial charge >= 0.3 is 0 Å². The van der Waals surface area contributed by atoms with Crippen LogP contribution in [0.5, 0.6) is 5.75 Å². The molecule has 170 valence electrons. The fourth-order valence-corrected chi connectivity index (χ4v) is 4.48. The van der Waals surface area contributed by atoms with Crippen LogP contribution < -0.4 is 4.74 Å². The minimum Gasteiger partial charge on any atom is -0.492 e. The zero-order valence-electron chi connectivity index (χ0n) is 17.3. The second kappa shape index (κ2) is 10.2. The summed E-state index contributed by atoms with van der Waals surface area (Å²) in [6, 6.07) is 1.43. The number of allylic oxidation sites excluding steroid dienone is 2. The third-order valence-corrected chi connectivity index (χ3v) is 5.81. The number of benzene rings is 1. The predicted octanol–water partition coefficient (Wildman–Crippen LogP) is 1.68. The lowest BCUT2D eigenvalue weighted by molar-refractivity contribution is 0.0310. The first-order chi connectivity index (χ1) is 14.9. The van der Waals surface area contributed by atoms with E-state index in [0.717, 1.165) is 0 Å². The number of fused-ring (bicyclic) bond motifs is 3. The zero-order chi connectivity index (χ0) is 22.7. The predicted molar refractivity (Wildman–Crippen MR) is 114 cm³/mol. The molecule has 3 rings (SSSR count). The molecule has 0 fully saturated rings. The third-order valence-electron chi connectivity index (χ3n) is 5.48. The summed E-state index contributed by atoms with van der Waals surface area (Å²) in [5.74, 6) is -0.324. The van der Waals surface area contributed by atoms with E-state index in [9.17, 15) is 19.8 Å². The SMILES string of the molecule is COC1=C(OC)C(=O)c2c(cc(OCCN(CCCl)CCCl)c3c2CC(O)C3O)C1=O. The van der Waals surface area contributed by atoms with Crippen molar-refractivity contribution in [2.75, 3.05) is 52.2 Å². The number of carbonyl (C=O) groups is 2. The molecule has 2 N–H and O–H groups in total. The highest BCUT2D eigenvalue weighted by Gasteiger charge is 2.43. The summed E-state index contributed by atoms with van der Waals surface area (Å²) >= 11 is 11.6. The van der Waals surface area contributed by atoms with Gasteiger partial charge in [-0.15, -0.1) is 23.2 Å². The highest BCUT2D eigenvalue weighted by Crippen LogP contribution is 2.44. The molecule has 2 aliphatic rings. The number of ketones is 2. The van der Waals surface area contributed by atoms with E-state index >= 15 is 0 Å². The standard InChI is InChI=1S/C21H25Cl2NO7/c1-29-20-17(26)12-10-14(31-8-7-24(5-3-22)6-4-23)16-11(9-13(25)18(16)27)15(12)19(28)21(20)30-2/h10,13,18,25,27H,3-9H2,1-2H3. The number of hydrogen-bond acceptors (Lipinski definition) is 8. The first kappa shape index (κ1) is 23.8. The van der Waals surface area contributed by atoms with Gasteiger partial charge < -0.3 is 24.4 Å². The van der Waals surface area contributed by atoms with Crippen molar-refractivity contribution in [2.45, 2.75) is 18.6 Å². The third kappa shape index (κ3) is 4.40. The monoisotopic (exact) mass is 473 g/mol. The number of carbonyl (C=O) groups excluding carboxylic acids is 2. The topological polar surface area (TPSA) is 106 Å². The van der Waals surface area contributed by atoms with Gasteiger partial charge in [0.15, 0.2) is 0 Å². The molecular weight excluding hydrogens is 449 g/mol. The molecule has 0 aromatic heterocycles. The molecule has 0 radical (unpaired) electrons. The number of aliphatic hydroxyl groups is 2. The summed E-state index contributed by atoms with van der Waals surface area (Å²) in [5.41, 5.74) is 0.890. The van der Waals surface area contributed by atoms with E-state index in [0.29, 0.717) is 42.5 Å². The molecule has 31 heavy (non-hydrogen) atoms. The summed E-state index contributed by atoms with van der Waals surface area (Å²) < 4.78 is 16.1. The highest BCUT2D eigenvalue weighted by molar-refractivity contribution is 6.26. The molecule has 1 aromatic carbocycles. The van der Waals surface area contributed by atoms with Crippen LogP contribution in [0.3, 0.4) is 0 Å². The van der Waals surface area contributed by atoms with E-state index in [1.807, 2.05) is 4.90 Å². The largest absolute Gasteiger partial charge is 0.492 e. The van der Waals surface area contributed by atoms with E-state index < -0.39 is 23.8 Å². The van der Waals surface area contributed by atoms with E-state index in [-0.39, 0.29) is 41.4 Å². The molecule has 0 bridgehead atoms. The Morgan fingerprint density at radius 1 is 1.03 bits per heavy atom. The summed E-state index contributed by atoms with van der Waals surface area (Å²) in [6.07, 6.45) is -2.34. The van der Waals surface area contributed by atoms with Crippen LogP contribution in [-0.2, 0) is 15.9 Å². The lowest BCUT2D eigenvalue weighted by atomic mass is 9.86. The molecule has 0 heterocycles. The number of nitrogens with zero attached hydrogens (tertiary/aromatic N) is 1. The van der Waals surface area contributed by atoms with Gasteiger partial charge in [0.2, 0.25) is 23.1 Å². The van der Waals surface area contributed by atoms with Crippen molar-refractivity contribution >= 4 is 34.8 Å². The molecule has 0 aliphatic heterocycles. The Balaban J connectivity index is 1.99. The lowest BCUT2D eigenvalue weighted by Gasteiger charge is -2.24. The van der Waals surface area contributed by atoms with E-state index in [1.165, 1.54) is 20.3 Å². The molecule has 10 heteroatoms. The van der Waals surface area contributed by atoms with E-state index in [4.69, 9.17) is 37.4 Å². The number of ether oxygens (including phenoxy) is 3. The molecular formula is C21H25Cl2NO7. The number of Topliss-reactive ketones (excluding diaryl/α,β-unsaturated/α-hetero) is 2. The van der Waals surface area contributed by atoms with Gasteiger partial charge in [-0.2, -0.15) is 0 Å². The Morgan fingerprint density at radius 2 is 1.65 bits per heavy atom. The summed E-state index contributed by atoms with van der Waals surface area (Å²) in [7, 11) is 2.56. The maximum atomic E-state index is 13.0. The number of methoxy groups -OCH3 is 2. The first-order valence-corrected chi connectivity index (χ1v) is 10.9. The Morgan fingerprint density at radius 3 is 2.23 bits per heavy atom. The van der Waals surface area contributed by atoms with Gasteiger partial charge in [0.1, 0.15) is 18.5 Å². The molecule has 2 aliphatic carbocycles. The van der Waals surface area contributed by atoms with Gasteiger partial charge in [-0.25, -0.2) is 0 Å². The van der Waals surface area contributed by atoms with Crippen LogP contribution in [0.2, 0.25) is 0 Å². The van der Waals surface area contributed by atoms with Crippen molar-refractivity contribution in [1.29, 1.82) is 0 Å². The summed E-state index contributed by atoms with van der Waals surface area (Å²) in [4.78, 5) is 28.1. The quantitative estimate of drug-likeness (QED) is 0.494. The smallest absolute Gasteiger partial charge is 0.232 e. The fourth-order valence-electron chi connectivity index (χ4n) is 4.01. The number of hydrogen-bond donors (Lipinski definition) is 2. The lowest BCUT2D eigenvalue weighted by Crippen LogP contribution is -2.32. The van der Waals surface area contributed by atoms with Gasteiger partial charge in [0, 0.05) is 54.5 Å². The first-order valence-electron chi connectivity index (χ1n) is 9.84. The normalized spacial score (nSPS) is 20.2. The average Bonchev–Trinajstić information content (AvgIpc) is 3.04. The Kier molecular flexibility index (Phi) is 7.82. The average molecular weight is 474 g/mol. The summed E-state index contributed by atoms with van der Waals surface area (Å²) in [5, 5.41) is 20.8. The maximum absolute atomic E-state index is 13.0. The van der Waals surface area contributed by atoms with Gasteiger partial charge in [-0.1, -0.05) is 0 Å². The molecule has 0 saturated heterocycles. The van der Waals surface area contributed by atoms with Crippen molar-refractivity contribution in [1.82, 2.24) is 4.90 Å². The van der Waals surface area contributed by atoms with Crippen LogP contribution in [0.15, 0.2) is 17.6 Å². The number of rotatable bonds is 10. The minimum absolute atomic E-state index is 0.0129. The van der Waals surface area contributed by atoms with Crippen molar-refractivity contribution in [2.24, 2.45) is 0 Å². The molecule has 1 aromatic rings. The molecule has 0 spiro atoms. The number of halogens is 2. The van der Waals surface area contributed by atoms with Crippen LogP contribution >= 0.6 is 23.2 Å². The minimum atomic E-state index is -1.24. The van der Waals surface area contributed by atoms with Crippen LogP contribution in [0, 0.1) is 0 Å². The van der Waals surface area contributed by atoms with Crippen molar-refractivity contribution in [3.63, 3.8) is 0 Å². The molecule has 8 nitrogen and oxygen atoms in total. The fraction of sp³-hybridized carbons (Fsp3) is 0.524. The van der Waals surface area contributed by atoms with Crippen LogP contribution in [0.25, 0.3) is 0 Å². The van der Waals surface area contributed by atoms with Crippen LogP contribution in [0.1, 0.15) is 37.9 Å². The highest BCUT2D eigenvalue weighted by atomic mass is 35.5. The second-order valence-electron chi connectivity index (χ2n) is 7.20. The zero-order valence-corrected chi connectivity index (χ0v) is 18.8.